The van der Waals surface area contributed by atoms with Gasteiger partial charge in [0.15, 0.2) is 0 Å². The SMILES string of the molecule is O=C(CNc1ccc(N2CCCC2)cc1)NCC(F)(F)F. The molecule has 1 fully saturated rings. The van der Waals surface area contributed by atoms with E-state index in [0.29, 0.717) is 5.69 Å². The molecule has 1 amide bonds. The van der Waals surface area contributed by atoms with E-state index in [1.165, 1.54) is 12.8 Å². The molecular weight excluding hydrogens is 283 g/mol. The van der Waals surface area contributed by atoms with Crippen LogP contribution in [0.2, 0.25) is 0 Å². The van der Waals surface area contributed by atoms with E-state index in [-0.39, 0.29) is 6.54 Å². The molecule has 7 heteroatoms. The van der Waals surface area contributed by atoms with E-state index in [1.54, 1.807) is 0 Å². The van der Waals surface area contributed by atoms with Gasteiger partial charge < -0.3 is 15.5 Å². The van der Waals surface area contributed by atoms with E-state index in [4.69, 9.17) is 0 Å². The van der Waals surface area contributed by atoms with Gasteiger partial charge in [-0.3, -0.25) is 4.79 Å². The monoisotopic (exact) mass is 301 g/mol. The molecule has 0 aromatic heterocycles. The predicted octanol–water partition coefficient (Wildman–Crippen LogP) is 2.38. The number of halogens is 3. The first kappa shape index (κ1) is 15.5. The molecule has 0 radical (unpaired) electrons. The second-order valence-electron chi connectivity index (χ2n) is 4.99. The van der Waals surface area contributed by atoms with Gasteiger partial charge in [0.1, 0.15) is 6.54 Å². The van der Waals surface area contributed by atoms with Crippen LogP contribution in [-0.4, -0.2) is 38.3 Å². The number of carbonyl (C=O) groups is 1. The van der Waals surface area contributed by atoms with E-state index >= 15 is 0 Å². The highest BCUT2D eigenvalue weighted by atomic mass is 19.4. The zero-order chi connectivity index (χ0) is 15.3. The molecule has 1 saturated heterocycles. The first-order chi connectivity index (χ1) is 9.94. The number of rotatable bonds is 5. The Hall–Kier alpha value is -1.92. The Morgan fingerprint density at radius 2 is 1.76 bits per heavy atom. The van der Waals surface area contributed by atoms with Crippen molar-refractivity contribution in [3.63, 3.8) is 0 Å². The predicted molar refractivity (Wildman–Crippen MR) is 75.4 cm³/mol. The van der Waals surface area contributed by atoms with Crippen LogP contribution < -0.4 is 15.5 Å². The molecule has 1 heterocycles. The second-order valence-corrected chi connectivity index (χ2v) is 4.99. The fraction of sp³-hybridized carbons (Fsp3) is 0.500. The summed E-state index contributed by atoms with van der Waals surface area (Å²) in [4.78, 5) is 13.5. The lowest BCUT2D eigenvalue weighted by Gasteiger charge is -2.18. The normalized spacial score (nSPS) is 15.1. The van der Waals surface area contributed by atoms with Crippen molar-refractivity contribution in [1.82, 2.24) is 5.32 Å². The van der Waals surface area contributed by atoms with Crippen molar-refractivity contribution in [2.24, 2.45) is 0 Å². The number of nitrogens with zero attached hydrogens (tertiary/aromatic N) is 1. The Morgan fingerprint density at radius 3 is 2.33 bits per heavy atom. The minimum atomic E-state index is -4.38. The minimum absolute atomic E-state index is 0.181. The van der Waals surface area contributed by atoms with Gasteiger partial charge in [-0.15, -0.1) is 0 Å². The lowest BCUT2D eigenvalue weighted by atomic mass is 10.2. The van der Waals surface area contributed by atoms with Crippen molar-refractivity contribution < 1.29 is 18.0 Å². The number of benzene rings is 1. The van der Waals surface area contributed by atoms with Crippen LogP contribution >= 0.6 is 0 Å². The topological polar surface area (TPSA) is 44.4 Å². The van der Waals surface area contributed by atoms with Gasteiger partial charge in [0.2, 0.25) is 5.91 Å². The molecule has 0 saturated carbocycles. The van der Waals surface area contributed by atoms with Crippen molar-refractivity contribution >= 4 is 17.3 Å². The zero-order valence-corrected chi connectivity index (χ0v) is 11.5. The molecule has 1 aliphatic rings. The van der Waals surface area contributed by atoms with Crippen LogP contribution in [0.15, 0.2) is 24.3 Å². The fourth-order valence-corrected chi connectivity index (χ4v) is 2.21. The van der Waals surface area contributed by atoms with Gasteiger partial charge in [-0.1, -0.05) is 0 Å². The Morgan fingerprint density at radius 1 is 1.14 bits per heavy atom. The Balaban J connectivity index is 1.76. The number of alkyl halides is 3. The third-order valence-electron chi connectivity index (χ3n) is 3.28. The molecule has 116 valence electrons. The summed E-state index contributed by atoms with van der Waals surface area (Å²) < 4.78 is 35.8. The number of anilines is 2. The molecule has 0 spiro atoms. The Bertz CT molecular complexity index is 467. The van der Waals surface area contributed by atoms with Crippen LogP contribution in [0.3, 0.4) is 0 Å². The summed E-state index contributed by atoms with van der Waals surface area (Å²) in [6.07, 6.45) is -1.99. The van der Waals surface area contributed by atoms with Crippen molar-refractivity contribution in [1.29, 1.82) is 0 Å². The molecule has 21 heavy (non-hydrogen) atoms. The zero-order valence-electron chi connectivity index (χ0n) is 11.5. The molecule has 0 aliphatic carbocycles. The molecule has 2 N–H and O–H groups in total. The first-order valence-electron chi connectivity index (χ1n) is 6.86. The average molecular weight is 301 g/mol. The van der Waals surface area contributed by atoms with Gasteiger partial charge in [0.25, 0.3) is 0 Å². The molecule has 4 nitrogen and oxygen atoms in total. The van der Waals surface area contributed by atoms with Gasteiger partial charge in [0.05, 0.1) is 6.54 Å². The summed E-state index contributed by atoms with van der Waals surface area (Å²) in [6, 6.07) is 7.54. The van der Waals surface area contributed by atoms with Crippen molar-refractivity contribution in [3.8, 4) is 0 Å². The van der Waals surface area contributed by atoms with Crippen molar-refractivity contribution in [3.05, 3.63) is 24.3 Å². The van der Waals surface area contributed by atoms with E-state index in [1.807, 2.05) is 29.6 Å². The van der Waals surface area contributed by atoms with Crippen LogP contribution in [0.4, 0.5) is 24.5 Å². The lowest BCUT2D eigenvalue weighted by molar-refractivity contribution is -0.137. The number of hydrogen-bond acceptors (Lipinski definition) is 3. The summed E-state index contributed by atoms with van der Waals surface area (Å²) in [6.45, 7) is 0.611. The number of hydrogen-bond donors (Lipinski definition) is 2. The smallest absolute Gasteiger partial charge is 0.376 e. The molecule has 1 aromatic rings. The molecule has 0 atom stereocenters. The maximum absolute atomic E-state index is 11.9. The molecule has 0 bridgehead atoms. The number of nitrogens with one attached hydrogen (secondary N) is 2. The van der Waals surface area contributed by atoms with Crippen molar-refractivity contribution in [2.75, 3.05) is 36.4 Å². The van der Waals surface area contributed by atoms with Gasteiger partial charge >= 0.3 is 6.18 Å². The minimum Gasteiger partial charge on any atom is -0.376 e. The second kappa shape index (κ2) is 6.69. The summed E-state index contributed by atoms with van der Waals surface area (Å²) in [5.41, 5.74) is 1.83. The van der Waals surface area contributed by atoms with Gasteiger partial charge in [-0.05, 0) is 37.1 Å². The standard InChI is InChI=1S/C14H18F3N3O/c15-14(16,17)10-19-13(21)9-18-11-3-5-12(6-4-11)20-7-1-2-8-20/h3-6,18H,1-2,7-10H2,(H,19,21). The van der Waals surface area contributed by atoms with Crippen LogP contribution in [-0.2, 0) is 4.79 Å². The van der Waals surface area contributed by atoms with Gasteiger partial charge in [-0.2, -0.15) is 13.2 Å². The van der Waals surface area contributed by atoms with Crippen LogP contribution in [0.1, 0.15) is 12.8 Å². The molecule has 1 aliphatic heterocycles. The maximum atomic E-state index is 11.9. The lowest BCUT2D eigenvalue weighted by Crippen LogP contribution is -2.37. The average Bonchev–Trinajstić information content (AvgIpc) is 2.97. The summed E-state index contributed by atoms with van der Waals surface area (Å²) in [5, 5.41) is 4.61. The largest absolute Gasteiger partial charge is 0.405 e. The van der Waals surface area contributed by atoms with Crippen LogP contribution in [0.5, 0.6) is 0 Å². The van der Waals surface area contributed by atoms with E-state index < -0.39 is 18.6 Å². The maximum Gasteiger partial charge on any atom is 0.405 e. The quantitative estimate of drug-likeness (QED) is 0.877. The first-order valence-corrected chi connectivity index (χ1v) is 6.86. The fourth-order valence-electron chi connectivity index (χ4n) is 2.21. The van der Waals surface area contributed by atoms with E-state index in [2.05, 4.69) is 10.2 Å². The van der Waals surface area contributed by atoms with Gasteiger partial charge in [0, 0.05) is 24.5 Å². The van der Waals surface area contributed by atoms with E-state index in [9.17, 15) is 18.0 Å². The highest BCUT2D eigenvalue weighted by molar-refractivity contribution is 5.80. The molecule has 0 unspecified atom stereocenters. The van der Waals surface area contributed by atoms with Crippen LogP contribution in [0, 0.1) is 0 Å². The molecule has 2 rings (SSSR count). The summed E-state index contributed by atoms with van der Waals surface area (Å²) >= 11 is 0. The summed E-state index contributed by atoms with van der Waals surface area (Å²) in [7, 11) is 0. The van der Waals surface area contributed by atoms with Crippen molar-refractivity contribution in [2.45, 2.75) is 19.0 Å². The molecule has 1 aromatic carbocycles. The van der Waals surface area contributed by atoms with Gasteiger partial charge in [-0.25, -0.2) is 0 Å². The third kappa shape index (κ3) is 5.17. The highest BCUT2D eigenvalue weighted by Crippen LogP contribution is 2.21. The van der Waals surface area contributed by atoms with E-state index in [0.717, 1.165) is 18.8 Å². The Kier molecular flexibility index (Phi) is 4.93. The molecular formula is C14H18F3N3O. The summed E-state index contributed by atoms with van der Waals surface area (Å²) in [5.74, 6) is -0.684. The third-order valence-corrected chi connectivity index (χ3v) is 3.28. The highest BCUT2D eigenvalue weighted by Gasteiger charge is 2.27. The Labute approximate surface area is 121 Å². The number of amides is 1. The van der Waals surface area contributed by atoms with Crippen LogP contribution in [0.25, 0.3) is 0 Å². The number of carbonyl (C=O) groups excluding carboxylic acids is 1.